The predicted molar refractivity (Wildman–Crippen MR) is 88.2 cm³/mol. The van der Waals surface area contributed by atoms with Gasteiger partial charge >= 0.3 is 6.18 Å². The molecule has 1 aliphatic rings. The maximum Gasteiger partial charge on any atom is 0.416 e. The van der Waals surface area contributed by atoms with Crippen molar-refractivity contribution in [3.05, 3.63) is 70.8 Å². The number of rotatable bonds is 4. The Morgan fingerprint density at radius 1 is 1.19 bits per heavy atom. The quantitative estimate of drug-likeness (QED) is 0.779. The van der Waals surface area contributed by atoms with Crippen LogP contribution < -0.4 is 5.32 Å². The van der Waals surface area contributed by atoms with Crippen LogP contribution in [0.4, 0.5) is 13.2 Å². The molecule has 1 amide bonds. The van der Waals surface area contributed by atoms with Crippen molar-refractivity contribution in [2.45, 2.75) is 37.3 Å². The van der Waals surface area contributed by atoms with E-state index in [0.717, 1.165) is 23.3 Å². The van der Waals surface area contributed by atoms with Crippen LogP contribution in [0.15, 0.2) is 48.5 Å². The maximum absolute atomic E-state index is 12.7. The van der Waals surface area contributed by atoms with E-state index >= 15 is 0 Å². The number of carbonyl (C=O) groups is 1. The first kappa shape index (κ1) is 18.4. The van der Waals surface area contributed by atoms with Gasteiger partial charge in [0.15, 0.2) is 0 Å². The van der Waals surface area contributed by atoms with Crippen molar-refractivity contribution < 1.29 is 28.2 Å². The summed E-state index contributed by atoms with van der Waals surface area (Å²) in [6, 6.07) is 11.1. The Kier molecular flexibility index (Phi) is 5.02. The number of halogens is 3. The number of hydrogen-bond donors (Lipinski definition) is 3. The molecule has 3 atom stereocenters. The molecule has 0 heterocycles. The average molecular weight is 365 g/mol. The molecule has 0 spiro atoms. The highest BCUT2D eigenvalue weighted by Crippen LogP contribution is 2.32. The average Bonchev–Trinajstić information content (AvgIpc) is 2.90. The van der Waals surface area contributed by atoms with Gasteiger partial charge in [-0.2, -0.15) is 13.2 Å². The Labute approximate surface area is 148 Å². The van der Waals surface area contributed by atoms with E-state index in [1.54, 1.807) is 12.1 Å². The van der Waals surface area contributed by atoms with E-state index in [1.165, 1.54) is 12.1 Å². The maximum atomic E-state index is 12.7. The Morgan fingerprint density at radius 2 is 1.92 bits per heavy atom. The zero-order chi connectivity index (χ0) is 18.9. The van der Waals surface area contributed by atoms with E-state index in [9.17, 15) is 28.2 Å². The lowest BCUT2D eigenvalue weighted by Crippen LogP contribution is -2.41. The third-order valence-electron chi connectivity index (χ3n) is 4.49. The first-order valence-electron chi connectivity index (χ1n) is 8.16. The summed E-state index contributed by atoms with van der Waals surface area (Å²) in [5.74, 6) is -0.733. The molecule has 0 aliphatic heterocycles. The molecule has 4 nitrogen and oxygen atoms in total. The van der Waals surface area contributed by atoms with Crippen LogP contribution in [0.25, 0.3) is 0 Å². The lowest BCUT2D eigenvalue weighted by molar-refractivity contribution is -0.137. The molecule has 3 N–H and O–H groups in total. The fourth-order valence-corrected chi connectivity index (χ4v) is 3.19. The highest BCUT2D eigenvalue weighted by atomic mass is 19.4. The highest BCUT2D eigenvalue weighted by molar-refractivity contribution is 5.81. The van der Waals surface area contributed by atoms with E-state index in [-0.39, 0.29) is 12.0 Å². The van der Waals surface area contributed by atoms with Gasteiger partial charge in [-0.25, -0.2) is 0 Å². The van der Waals surface area contributed by atoms with Gasteiger partial charge in [-0.15, -0.1) is 0 Å². The van der Waals surface area contributed by atoms with Gasteiger partial charge in [-0.3, -0.25) is 4.79 Å². The summed E-state index contributed by atoms with van der Waals surface area (Å²) in [7, 11) is 0. The van der Waals surface area contributed by atoms with Crippen LogP contribution in [0.2, 0.25) is 0 Å². The standard InChI is InChI=1S/C19H18F3NO3/c20-19(21,22)13-6-3-4-11(8-13)9-16(25)18(26)23-17-14-7-2-1-5-12(14)10-15(17)24/h1-8,15-17,24-25H,9-10H2,(H,23,26)/t15-,16?,17+/m1/s1. The number of fused-ring (bicyclic) bond motifs is 1. The predicted octanol–water partition coefficient (Wildman–Crippen LogP) is 2.38. The van der Waals surface area contributed by atoms with Gasteiger partial charge in [-0.05, 0) is 22.8 Å². The third-order valence-corrected chi connectivity index (χ3v) is 4.49. The number of nitrogens with one attached hydrogen (secondary N) is 1. The van der Waals surface area contributed by atoms with Crippen molar-refractivity contribution in [3.63, 3.8) is 0 Å². The van der Waals surface area contributed by atoms with Crippen LogP contribution in [0.1, 0.15) is 28.3 Å². The smallest absolute Gasteiger partial charge is 0.390 e. The van der Waals surface area contributed by atoms with Gasteiger partial charge in [0.05, 0.1) is 17.7 Å². The lowest BCUT2D eigenvalue weighted by atomic mass is 10.0. The molecule has 0 fully saturated rings. The molecule has 138 valence electrons. The Bertz CT molecular complexity index is 807. The molecule has 0 aromatic heterocycles. The van der Waals surface area contributed by atoms with Crippen molar-refractivity contribution in [1.29, 1.82) is 0 Å². The fourth-order valence-electron chi connectivity index (χ4n) is 3.19. The summed E-state index contributed by atoms with van der Waals surface area (Å²) in [5, 5.41) is 22.8. The molecule has 0 bridgehead atoms. The molecule has 0 saturated carbocycles. The van der Waals surface area contributed by atoms with Crippen LogP contribution in [-0.4, -0.2) is 28.3 Å². The minimum Gasteiger partial charge on any atom is -0.390 e. The Balaban J connectivity index is 1.68. The summed E-state index contributed by atoms with van der Waals surface area (Å²) < 4.78 is 38.2. The van der Waals surface area contributed by atoms with E-state index in [0.29, 0.717) is 6.42 Å². The second kappa shape index (κ2) is 7.09. The first-order valence-corrected chi connectivity index (χ1v) is 8.16. The van der Waals surface area contributed by atoms with Gasteiger partial charge in [0.25, 0.3) is 0 Å². The van der Waals surface area contributed by atoms with E-state index in [2.05, 4.69) is 5.32 Å². The third kappa shape index (κ3) is 3.89. The summed E-state index contributed by atoms with van der Waals surface area (Å²) in [6.07, 6.45) is -6.66. The van der Waals surface area contributed by atoms with Gasteiger partial charge in [0, 0.05) is 12.8 Å². The molecule has 2 aromatic rings. The number of aliphatic hydroxyl groups is 2. The minimum atomic E-state index is -4.49. The van der Waals surface area contributed by atoms with Crippen LogP contribution in [-0.2, 0) is 23.8 Å². The van der Waals surface area contributed by atoms with Crippen molar-refractivity contribution in [3.8, 4) is 0 Å². The molecule has 2 aromatic carbocycles. The topological polar surface area (TPSA) is 69.6 Å². The van der Waals surface area contributed by atoms with Crippen molar-refractivity contribution >= 4 is 5.91 Å². The Hall–Kier alpha value is -2.38. The zero-order valence-electron chi connectivity index (χ0n) is 13.7. The molecular weight excluding hydrogens is 347 g/mol. The summed E-state index contributed by atoms with van der Waals surface area (Å²) in [6.45, 7) is 0. The second-order valence-corrected chi connectivity index (χ2v) is 6.37. The van der Waals surface area contributed by atoms with Crippen LogP contribution in [0.5, 0.6) is 0 Å². The van der Waals surface area contributed by atoms with Gasteiger partial charge in [-0.1, -0.05) is 42.5 Å². The highest BCUT2D eigenvalue weighted by Gasteiger charge is 2.34. The Morgan fingerprint density at radius 3 is 2.65 bits per heavy atom. The summed E-state index contributed by atoms with van der Waals surface area (Å²) in [4.78, 5) is 12.2. The molecular formula is C19H18F3NO3. The summed E-state index contributed by atoms with van der Waals surface area (Å²) >= 11 is 0. The van der Waals surface area contributed by atoms with Crippen LogP contribution in [0.3, 0.4) is 0 Å². The van der Waals surface area contributed by atoms with Crippen molar-refractivity contribution in [1.82, 2.24) is 5.32 Å². The normalized spacial score (nSPS) is 20.5. The number of alkyl halides is 3. The molecule has 1 unspecified atom stereocenters. The monoisotopic (exact) mass is 365 g/mol. The van der Waals surface area contributed by atoms with E-state index in [1.807, 2.05) is 12.1 Å². The minimum absolute atomic E-state index is 0.204. The molecule has 26 heavy (non-hydrogen) atoms. The largest absolute Gasteiger partial charge is 0.416 e. The van der Waals surface area contributed by atoms with E-state index < -0.39 is 35.9 Å². The van der Waals surface area contributed by atoms with Crippen LogP contribution >= 0.6 is 0 Å². The molecule has 0 saturated heterocycles. The molecule has 3 rings (SSSR count). The molecule has 0 radical (unpaired) electrons. The number of aliphatic hydroxyl groups excluding tert-OH is 2. The number of carbonyl (C=O) groups excluding carboxylic acids is 1. The number of benzene rings is 2. The zero-order valence-corrected chi connectivity index (χ0v) is 13.7. The second-order valence-electron chi connectivity index (χ2n) is 6.37. The first-order chi connectivity index (χ1) is 12.3. The van der Waals surface area contributed by atoms with Gasteiger partial charge in [0.2, 0.25) is 5.91 Å². The van der Waals surface area contributed by atoms with Gasteiger partial charge < -0.3 is 15.5 Å². The number of hydrogen-bond acceptors (Lipinski definition) is 3. The molecule has 1 aliphatic carbocycles. The van der Waals surface area contributed by atoms with Crippen molar-refractivity contribution in [2.75, 3.05) is 0 Å². The van der Waals surface area contributed by atoms with E-state index in [4.69, 9.17) is 0 Å². The SMILES string of the molecule is O=C(N[C@H]1c2ccccc2C[C@H]1O)C(O)Cc1cccc(C(F)(F)F)c1. The van der Waals surface area contributed by atoms with Crippen LogP contribution in [0, 0.1) is 0 Å². The van der Waals surface area contributed by atoms with Gasteiger partial charge in [0.1, 0.15) is 6.10 Å². The number of amides is 1. The molecule has 7 heteroatoms. The summed E-state index contributed by atoms with van der Waals surface area (Å²) in [5.41, 5.74) is 1.06. The fraction of sp³-hybridized carbons (Fsp3) is 0.316. The lowest BCUT2D eigenvalue weighted by Gasteiger charge is -2.20. The van der Waals surface area contributed by atoms with Crippen molar-refractivity contribution in [2.24, 2.45) is 0 Å².